The first kappa shape index (κ1) is 19.8. The number of nitrogens with zero attached hydrogens (tertiary/aromatic N) is 1. The number of anilines is 1. The Kier molecular flexibility index (Phi) is 5.63. The average Bonchev–Trinajstić information content (AvgIpc) is 3.11. The number of carbonyl (C=O) groups is 1. The maximum atomic E-state index is 13.1. The Hall–Kier alpha value is -3.45. The van der Waals surface area contributed by atoms with Crippen LogP contribution in [0.15, 0.2) is 60.7 Å². The van der Waals surface area contributed by atoms with E-state index in [1.165, 1.54) is 23.5 Å². The summed E-state index contributed by atoms with van der Waals surface area (Å²) in [4.78, 5) is 15.2. The summed E-state index contributed by atoms with van der Waals surface area (Å²) in [7, 11) is 0. The Morgan fingerprint density at radius 1 is 1.07 bits per heavy atom. The maximum Gasteiger partial charge on any atom is 0.303 e. The number of ether oxygens (including phenoxy) is 1. The monoisotopic (exact) mass is 422 g/mol. The zero-order chi connectivity index (χ0) is 21.1. The fourth-order valence-corrected chi connectivity index (χ4v) is 3.96. The van der Waals surface area contributed by atoms with Gasteiger partial charge < -0.3 is 15.6 Å². The predicted octanol–water partition coefficient (Wildman–Crippen LogP) is 5.28. The molecular weight excluding hydrogens is 403 g/mol. The quantitative estimate of drug-likeness (QED) is 0.423. The fourth-order valence-electron chi connectivity index (χ4n) is 3.19. The summed E-state index contributed by atoms with van der Waals surface area (Å²) in [5.74, 6) is -0.468. The van der Waals surface area contributed by atoms with Crippen LogP contribution in [0.1, 0.15) is 17.5 Å². The molecule has 0 radical (unpaired) electrons. The minimum Gasteiger partial charge on any atom is -0.488 e. The van der Waals surface area contributed by atoms with Crippen molar-refractivity contribution in [2.24, 2.45) is 0 Å². The molecule has 3 aromatic carbocycles. The number of aliphatic carboxylic acids is 1. The molecule has 3 N–H and O–H groups in total. The minimum atomic E-state index is -0.838. The Bertz CT molecular complexity index is 1210. The second-order valence-electron chi connectivity index (χ2n) is 6.87. The molecule has 7 heteroatoms. The molecule has 30 heavy (non-hydrogen) atoms. The molecule has 0 aliphatic rings. The van der Waals surface area contributed by atoms with Crippen molar-refractivity contribution in [1.29, 1.82) is 0 Å². The van der Waals surface area contributed by atoms with E-state index in [1.54, 1.807) is 12.1 Å². The predicted molar refractivity (Wildman–Crippen MR) is 116 cm³/mol. The number of fused-ring (bicyclic) bond motifs is 1. The first-order valence-corrected chi connectivity index (χ1v) is 10.2. The maximum absolute atomic E-state index is 13.1. The highest BCUT2D eigenvalue weighted by atomic mass is 32.1. The lowest BCUT2D eigenvalue weighted by atomic mass is 9.99. The van der Waals surface area contributed by atoms with Gasteiger partial charge in [0.2, 0.25) is 0 Å². The van der Waals surface area contributed by atoms with Gasteiger partial charge in [-0.05, 0) is 59.5 Å². The Balaban J connectivity index is 1.68. The summed E-state index contributed by atoms with van der Waals surface area (Å²) in [5, 5.41) is 9.50. The minimum absolute atomic E-state index is 0.0552. The molecule has 5 nitrogen and oxygen atoms in total. The van der Waals surface area contributed by atoms with Crippen molar-refractivity contribution in [2.45, 2.75) is 19.4 Å². The van der Waals surface area contributed by atoms with Crippen molar-refractivity contribution in [3.63, 3.8) is 0 Å². The summed E-state index contributed by atoms with van der Waals surface area (Å²) < 4.78 is 20.1. The third-order valence-electron chi connectivity index (χ3n) is 4.70. The van der Waals surface area contributed by atoms with Crippen LogP contribution in [0, 0.1) is 5.82 Å². The third-order valence-corrected chi connectivity index (χ3v) is 5.54. The molecule has 0 aliphatic carbocycles. The summed E-state index contributed by atoms with van der Waals surface area (Å²) in [6.07, 6.45) is 0.482. The van der Waals surface area contributed by atoms with Gasteiger partial charge in [-0.25, -0.2) is 9.37 Å². The van der Waals surface area contributed by atoms with E-state index in [1.807, 2.05) is 36.4 Å². The zero-order valence-electron chi connectivity index (χ0n) is 16.0. The molecule has 4 aromatic rings. The van der Waals surface area contributed by atoms with Crippen LogP contribution < -0.4 is 10.5 Å². The SMILES string of the molecule is Nc1nc2ccc(-c3cc(CCC(=O)O)ccc3OCc3ccc(F)cc3)cc2s1. The smallest absolute Gasteiger partial charge is 0.303 e. The first-order valence-electron chi connectivity index (χ1n) is 9.36. The summed E-state index contributed by atoms with van der Waals surface area (Å²) >= 11 is 1.41. The lowest BCUT2D eigenvalue weighted by Gasteiger charge is -2.14. The van der Waals surface area contributed by atoms with Gasteiger partial charge in [-0.15, -0.1) is 0 Å². The van der Waals surface area contributed by atoms with Crippen LogP contribution in [0.4, 0.5) is 9.52 Å². The number of thiazole rings is 1. The number of benzene rings is 3. The van der Waals surface area contributed by atoms with Gasteiger partial charge in [-0.2, -0.15) is 0 Å². The molecule has 152 valence electrons. The normalized spacial score (nSPS) is 11.0. The summed E-state index contributed by atoms with van der Waals surface area (Å²) in [5.41, 5.74) is 10.2. The van der Waals surface area contributed by atoms with E-state index in [2.05, 4.69) is 4.98 Å². The van der Waals surface area contributed by atoms with Crippen molar-refractivity contribution in [3.8, 4) is 16.9 Å². The van der Waals surface area contributed by atoms with E-state index in [-0.39, 0.29) is 18.8 Å². The molecule has 1 aromatic heterocycles. The van der Waals surface area contributed by atoms with Crippen LogP contribution in [0.2, 0.25) is 0 Å². The molecule has 0 aliphatic heterocycles. The van der Waals surface area contributed by atoms with Gasteiger partial charge in [0.1, 0.15) is 18.2 Å². The summed E-state index contributed by atoms with van der Waals surface area (Å²) in [6.45, 7) is 0.289. The topological polar surface area (TPSA) is 85.4 Å². The molecule has 4 rings (SSSR count). The van der Waals surface area contributed by atoms with Crippen molar-refractivity contribution in [3.05, 3.63) is 77.6 Å². The van der Waals surface area contributed by atoms with Gasteiger partial charge in [0.25, 0.3) is 0 Å². The molecule has 0 atom stereocenters. The van der Waals surface area contributed by atoms with Crippen LogP contribution in [-0.2, 0) is 17.8 Å². The average molecular weight is 422 g/mol. The second-order valence-corrected chi connectivity index (χ2v) is 7.94. The largest absolute Gasteiger partial charge is 0.488 e. The van der Waals surface area contributed by atoms with Crippen LogP contribution in [0.5, 0.6) is 5.75 Å². The van der Waals surface area contributed by atoms with E-state index in [4.69, 9.17) is 15.6 Å². The number of carboxylic acid groups (broad SMARTS) is 1. The highest BCUT2D eigenvalue weighted by Gasteiger charge is 2.12. The molecule has 0 spiro atoms. The number of aryl methyl sites for hydroxylation is 1. The molecule has 0 saturated carbocycles. The molecule has 0 amide bonds. The Morgan fingerprint density at radius 3 is 2.60 bits per heavy atom. The number of hydrogen-bond acceptors (Lipinski definition) is 5. The highest BCUT2D eigenvalue weighted by Crippen LogP contribution is 2.35. The number of aromatic nitrogens is 1. The molecule has 0 saturated heterocycles. The van der Waals surface area contributed by atoms with E-state index >= 15 is 0 Å². The number of hydrogen-bond donors (Lipinski definition) is 2. The fraction of sp³-hybridized carbons (Fsp3) is 0.130. The van der Waals surface area contributed by atoms with Gasteiger partial charge in [0.05, 0.1) is 10.2 Å². The van der Waals surface area contributed by atoms with Crippen molar-refractivity contribution < 1.29 is 19.0 Å². The van der Waals surface area contributed by atoms with E-state index in [0.717, 1.165) is 32.5 Å². The Morgan fingerprint density at radius 2 is 1.83 bits per heavy atom. The van der Waals surface area contributed by atoms with Crippen LogP contribution >= 0.6 is 11.3 Å². The van der Waals surface area contributed by atoms with E-state index in [0.29, 0.717) is 17.3 Å². The van der Waals surface area contributed by atoms with Gasteiger partial charge in [-0.1, -0.05) is 35.6 Å². The molecule has 0 bridgehead atoms. The second kappa shape index (κ2) is 8.51. The van der Waals surface area contributed by atoms with Gasteiger partial charge in [0.15, 0.2) is 5.13 Å². The van der Waals surface area contributed by atoms with Gasteiger partial charge in [0, 0.05) is 12.0 Å². The number of nitrogens with two attached hydrogens (primary N) is 1. The van der Waals surface area contributed by atoms with Crippen molar-refractivity contribution in [2.75, 3.05) is 5.73 Å². The number of halogens is 1. The number of rotatable bonds is 7. The third kappa shape index (κ3) is 4.58. The lowest BCUT2D eigenvalue weighted by molar-refractivity contribution is -0.136. The standard InChI is InChI=1S/C23H19FN2O3S/c24-17-6-1-15(2-7-17)13-29-20-9-3-14(4-10-22(27)28)11-18(20)16-5-8-19-21(12-16)30-23(25)26-19/h1-3,5-9,11-12H,4,10,13H2,(H2,25,26)(H,27,28). The number of nitrogen functional groups attached to an aromatic ring is 1. The van der Waals surface area contributed by atoms with Gasteiger partial charge in [-0.3, -0.25) is 4.79 Å². The summed E-state index contributed by atoms with van der Waals surface area (Å²) in [6, 6.07) is 17.7. The van der Waals surface area contributed by atoms with Gasteiger partial charge >= 0.3 is 5.97 Å². The van der Waals surface area contributed by atoms with Crippen molar-refractivity contribution in [1.82, 2.24) is 4.98 Å². The Labute approximate surface area is 176 Å². The number of carboxylic acids is 1. The van der Waals surface area contributed by atoms with Crippen LogP contribution in [0.3, 0.4) is 0 Å². The highest BCUT2D eigenvalue weighted by molar-refractivity contribution is 7.22. The van der Waals surface area contributed by atoms with Crippen LogP contribution in [-0.4, -0.2) is 16.1 Å². The molecular formula is C23H19FN2O3S. The molecule has 0 fully saturated rings. The molecule has 1 heterocycles. The van der Waals surface area contributed by atoms with Crippen molar-refractivity contribution >= 4 is 32.7 Å². The van der Waals surface area contributed by atoms with E-state index < -0.39 is 5.97 Å². The first-order chi connectivity index (χ1) is 14.5. The van der Waals surface area contributed by atoms with E-state index in [9.17, 15) is 9.18 Å². The lowest BCUT2D eigenvalue weighted by Crippen LogP contribution is -2.00. The van der Waals surface area contributed by atoms with Crippen LogP contribution in [0.25, 0.3) is 21.3 Å². The molecule has 0 unspecified atom stereocenters. The zero-order valence-corrected chi connectivity index (χ0v) is 16.8.